The Morgan fingerprint density at radius 1 is 1.17 bits per heavy atom. The molecule has 0 saturated carbocycles. The van der Waals surface area contributed by atoms with Crippen LogP contribution in [0.2, 0.25) is 0 Å². The number of carbonyl (C=O) groups excluding carboxylic acids is 1. The van der Waals surface area contributed by atoms with Gasteiger partial charge in [-0.1, -0.05) is 30.3 Å². The van der Waals surface area contributed by atoms with E-state index in [9.17, 15) is 9.18 Å². The highest BCUT2D eigenvalue weighted by Gasteiger charge is 2.22. The van der Waals surface area contributed by atoms with E-state index in [0.717, 1.165) is 32.5 Å². The first-order valence-corrected chi connectivity index (χ1v) is 8.93. The van der Waals surface area contributed by atoms with E-state index in [4.69, 9.17) is 0 Å². The molecule has 0 atom stereocenters. The van der Waals surface area contributed by atoms with Crippen LogP contribution in [0.5, 0.6) is 0 Å². The van der Waals surface area contributed by atoms with Gasteiger partial charge >= 0.3 is 0 Å². The van der Waals surface area contributed by atoms with Crippen molar-refractivity contribution in [3.63, 3.8) is 0 Å². The first kappa shape index (κ1) is 17.1. The molecule has 0 unspecified atom stereocenters. The lowest BCUT2D eigenvalue weighted by molar-refractivity contribution is 0.0908. The van der Waals surface area contributed by atoms with Crippen molar-refractivity contribution in [2.45, 2.75) is 25.4 Å². The first-order chi connectivity index (χ1) is 11.6. The summed E-state index contributed by atoms with van der Waals surface area (Å²) in [4.78, 5) is 14.7. The molecule has 0 bridgehead atoms. The third kappa shape index (κ3) is 4.42. The number of benzene rings is 2. The van der Waals surface area contributed by atoms with Gasteiger partial charge in [-0.2, -0.15) is 0 Å². The Balaban J connectivity index is 1.51. The zero-order valence-corrected chi connectivity index (χ0v) is 14.9. The van der Waals surface area contributed by atoms with Crippen molar-refractivity contribution in [3.8, 4) is 0 Å². The summed E-state index contributed by atoms with van der Waals surface area (Å²) in [6, 6.07) is 14.7. The molecule has 1 aliphatic rings. The molecule has 1 aliphatic heterocycles. The molecule has 1 N–H and O–H groups in total. The molecule has 0 aliphatic carbocycles. The van der Waals surface area contributed by atoms with E-state index in [-0.39, 0.29) is 17.8 Å². The monoisotopic (exact) mass is 390 g/mol. The van der Waals surface area contributed by atoms with Gasteiger partial charge in [0, 0.05) is 30.1 Å². The van der Waals surface area contributed by atoms with Crippen molar-refractivity contribution in [2.75, 3.05) is 13.1 Å². The number of hydrogen-bond acceptors (Lipinski definition) is 2. The highest BCUT2D eigenvalue weighted by molar-refractivity contribution is 9.10. The molecule has 5 heteroatoms. The molecule has 0 radical (unpaired) electrons. The van der Waals surface area contributed by atoms with Crippen LogP contribution in [0.3, 0.4) is 0 Å². The number of halogens is 2. The highest BCUT2D eigenvalue weighted by atomic mass is 79.9. The Morgan fingerprint density at radius 2 is 1.88 bits per heavy atom. The van der Waals surface area contributed by atoms with Crippen LogP contribution in [0.25, 0.3) is 0 Å². The number of carbonyl (C=O) groups is 1. The van der Waals surface area contributed by atoms with Crippen LogP contribution in [0.1, 0.15) is 28.8 Å². The van der Waals surface area contributed by atoms with Crippen LogP contribution in [0.15, 0.2) is 53.0 Å². The molecule has 2 aromatic rings. The number of rotatable bonds is 4. The SMILES string of the molecule is O=C(NC1CCN(Cc2ccccc2)CC1)c1ccc(F)cc1Br. The van der Waals surface area contributed by atoms with E-state index in [2.05, 4.69) is 50.4 Å². The zero-order chi connectivity index (χ0) is 16.9. The summed E-state index contributed by atoms with van der Waals surface area (Å²) in [7, 11) is 0. The molecule has 3 nitrogen and oxygen atoms in total. The standard InChI is InChI=1S/C19H20BrFN2O/c20-18-12-15(21)6-7-17(18)19(24)22-16-8-10-23(11-9-16)13-14-4-2-1-3-5-14/h1-7,12,16H,8-11,13H2,(H,22,24). The van der Waals surface area contributed by atoms with E-state index >= 15 is 0 Å². The van der Waals surface area contributed by atoms with Crippen LogP contribution in [-0.2, 0) is 6.54 Å². The van der Waals surface area contributed by atoms with Gasteiger partial charge in [-0.15, -0.1) is 0 Å². The predicted octanol–water partition coefficient (Wildman–Crippen LogP) is 3.98. The number of piperidine rings is 1. The second-order valence-corrected chi connectivity index (χ2v) is 6.99. The van der Waals surface area contributed by atoms with Gasteiger partial charge in [-0.05, 0) is 52.5 Å². The van der Waals surface area contributed by atoms with Crippen molar-refractivity contribution in [3.05, 3.63) is 69.9 Å². The van der Waals surface area contributed by atoms with Crippen LogP contribution >= 0.6 is 15.9 Å². The van der Waals surface area contributed by atoms with Crippen molar-refractivity contribution >= 4 is 21.8 Å². The molecule has 2 aromatic carbocycles. The fraction of sp³-hybridized carbons (Fsp3) is 0.316. The minimum Gasteiger partial charge on any atom is -0.349 e. The minimum absolute atomic E-state index is 0.150. The fourth-order valence-corrected chi connectivity index (χ4v) is 3.54. The van der Waals surface area contributed by atoms with E-state index in [0.29, 0.717) is 10.0 Å². The van der Waals surface area contributed by atoms with Gasteiger partial charge < -0.3 is 5.32 Å². The lowest BCUT2D eigenvalue weighted by atomic mass is 10.0. The molecule has 126 valence electrons. The number of likely N-dealkylation sites (tertiary alicyclic amines) is 1. The molecule has 3 rings (SSSR count). The summed E-state index contributed by atoms with van der Waals surface area (Å²) in [6.07, 6.45) is 1.86. The third-order valence-electron chi connectivity index (χ3n) is 4.35. The van der Waals surface area contributed by atoms with Crippen LogP contribution < -0.4 is 5.32 Å². The van der Waals surface area contributed by atoms with Crippen LogP contribution in [0.4, 0.5) is 4.39 Å². The zero-order valence-electron chi connectivity index (χ0n) is 13.3. The second-order valence-electron chi connectivity index (χ2n) is 6.13. The van der Waals surface area contributed by atoms with E-state index in [1.807, 2.05) is 6.07 Å². The second kappa shape index (κ2) is 7.90. The first-order valence-electron chi connectivity index (χ1n) is 8.14. The lowest BCUT2D eigenvalue weighted by Crippen LogP contribution is -2.44. The average molecular weight is 391 g/mol. The van der Waals surface area contributed by atoms with Crippen molar-refractivity contribution in [2.24, 2.45) is 0 Å². The van der Waals surface area contributed by atoms with Crippen molar-refractivity contribution in [1.82, 2.24) is 10.2 Å². The third-order valence-corrected chi connectivity index (χ3v) is 5.00. The molecule has 0 spiro atoms. The maximum absolute atomic E-state index is 13.1. The van der Waals surface area contributed by atoms with Crippen molar-refractivity contribution < 1.29 is 9.18 Å². The van der Waals surface area contributed by atoms with Crippen LogP contribution in [-0.4, -0.2) is 29.9 Å². The number of nitrogens with zero attached hydrogens (tertiary/aromatic N) is 1. The average Bonchev–Trinajstić information content (AvgIpc) is 2.57. The van der Waals surface area contributed by atoms with E-state index in [1.165, 1.54) is 23.8 Å². The summed E-state index contributed by atoms with van der Waals surface area (Å²) >= 11 is 3.25. The Labute approximate surface area is 150 Å². The van der Waals surface area contributed by atoms with E-state index < -0.39 is 0 Å². The Bertz CT molecular complexity index is 700. The molecule has 1 saturated heterocycles. The molecular formula is C19H20BrFN2O. The van der Waals surface area contributed by atoms with Gasteiger partial charge in [0.1, 0.15) is 5.82 Å². The number of nitrogens with one attached hydrogen (secondary N) is 1. The molecule has 1 heterocycles. The van der Waals surface area contributed by atoms with Gasteiger partial charge in [-0.25, -0.2) is 4.39 Å². The maximum Gasteiger partial charge on any atom is 0.252 e. The molecular weight excluding hydrogens is 371 g/mol. The van der Waals surface area contributed by atoms with Gasteiger partial charge in [-0.3, -0.25) is 9.69 Å². The maximum atomic E-state index is 13.1. The molecule has 24 heavy (non-hydrogen) atoms. The fourth-order valence-electron chi connectivity index (χ4n) is 3.01. The van der Waals surface area contributed by atoms with Crippen molar-refractivity contribution in [1.29, 1.82) is 0 Å². The summed E-state index contributed by atoms with van der Waals surface area (Å²) in [5, 5.41) is 3.06. The predicted molar refractivity (Wildman–Crippen MR) is 96.3 cm³/mol. The molecule has 0 aromatic heterocycles. The Kier molecular flexibility index (Phi) is 5.63. The summed E-state index contributed by atoms with van der Waals surface area (Å²) in [6.45, 7) is 2.87. The largest absolute Gasteiger partial charge is 0.349 e. The summed E-state index contributed by atoms with van der Waals surface area (Å²) < 4.78 is 13.6. The van der Waals surface area contributed by atoms with Gasteiger partial charge in [0.05, 0.1) is 5.56 Å². The topological polar surface area (TPSA) is 32.3 Å². The summed E-state index contributed by atoms with van der Waals surface area (Å²) in [5.41, 5.74) is 1.79. The van der Waals surface area contributed by atoms with E-state index in [1.54, 1.807) is 0 Å². The normalized spacial score (nSPS) is 16.1. The Morgan fingerprint density at radius 3 is 2.54 bits per heavy atom. The van der Waals surface area contributed by atoms with Crippen LogP contribution in [0, 0.1) is 5.82 Å². The quantitative estimate of drug-likeness (QED) is 0.855. The number of hydrogen-bond donors (Lipinski definition) is 1. The summed E-state index contributed by atoms with van der Waals surface area (Å²) in [5.74, 6) is -0.504. The Hall–Kier alpha value is -1.72. The molecule has 1 fully saturated rings. The van der Waals surface area contributed by atoms with Gasteiger partial charge in [0.25, 0.3) is 5.91 Å². The number of amides is 1. The minimum atomic E-state index is -0.354. The van der Waals surface area contributed by atoms with Gasteiger partial charge in [0.15, 0.2) is 0 Å². The highest BCUT2D eigenvalue weighted by Crippen LogP contribution is 2.19. The van der Waals surface area contributed by atoms with Gasteiger partial charge in [0.2, 0.25) is 0 Å². The smallest absolute Gasteiger partial charge is 0.252 e. The lowest BCUT2D eigenvalue weighted by Gasteiger charge is -2.32. The molecule has 1 amide bonds.